The molecule has 1 amide bonds. The van der Waals surface area contributed by atoms with E-state index in [-0.39, 0.29) is 23.8 Å². The number of hydrogen-bond donors (Lipinski definition) is 2. The Hall–Kier alpha value is -2.38. The highest BCUT2D eigenvalue weighted by Crippen LogP contribution is 2.37. The molecule has 1 unspecified atom stereocenters. The molecular formula is C20H16BrN3O2S. The summed E-state index contributed by atoms with van der Waals surface area (Å²) in [6, 6.07) is 17.6. The van der Waals surface area contributed by atoms with Gasteiger partial charge in [-0.25, -0.2) is 4.98 Å². The topological polar surface area (TPSA) is 74.8 Å². The highest BCUT2D eigenvalue weighted by atomic mass is 79.9. The molecule has 5 nitrogen and oxygen atoms in total. The summed E-state index contributed by atoms with van der Waals surface area (Å²) in [6.45, 7) is 0. The van der Waals surface area contributed by atoms with E-state index in [0.717, 1.165) is 15.6 Å². The van der Waals surface area contributed by atoms with Crippen molar-refractivity contribution in [3.05, 3.63) is 86.1 Å². The predicted molar refractivity (Wildman–Crippen MR) is 110 cm³/mol. The summed E-state index contributed by atoms with van der Waals surface area (Å²) < 4.78 is 0.873. The van der Waals surface area contributed by atoms with Crippen molar-refractivity contribution in [2.24, 2.45) is 0 Å². The lowest BCUT2D eigenvalue weighted by Crippen LogP contribution is -2.31. The zero-order valence-corrected chi connectivity index (χ0v) is 16.6. The number of amides is 1. The van der Waals surface area contributed by atoms with Crippen LogP contribution in [0.15, 0.2) is 69.0 Å². The van der Waals surface area contributed by atoms with E-state index in [1.807, 2.05) is 54.6 Å². The molecule has 2 N–H and O–H groups in total. The second kappa shape index (κ2) is 7.70. The third-order valence-corrected chi connectivity index (χ3v) is 6.10. The molecule has 0 saturated heterocycles. The summed E-state index contributed by atoms with van der Waals surface area (Å²) >= 11 is 4.96. The first-order valence-corrected chi connectivity index (χ1v) is 10.2. The van der Waals surface area contributed by atoms with Crippen LogP contribution in [0.5, 0.6) is 0 Å². The lowest BCUT2D eigenvalue weighted by atomic mass is 9.87. The molecular weight excluding hydrogens is 426 g/mol. The maximum absolute atomic E-state index is 12.8. The number of nitrogens with one attached hydrogen (secondary N) is 2. The number of aromatic amines is 1. The van der Waals surface area contributed by atoms with Gasteiger partial charge in [-0.2, -0.15) is 0 Å². The number of thioether (sulfide) groups is 1. The number of hydrogen-bond acceptors (Lipinski definition) is 4. The maximum atomic E-state index is 12.8. The number of H-pyrrole nitrogens is 1. The van der Waals surface area contributed by atoms with Gasteiger partial charge in [0.15, 0.2) is 5.16 Å². The molecule has 136 valence electrons. The molecule has 1 aliphatic rings. The number of nitrogens with zero attached hydrogens (tertiary/aromatic N) is 1. The third-order valence-electron chi connectivity index (χ3n) is 4.43. The first-order valence-electron chi connectivity index (χ1n) is 8.47. The SMILES string of the molecule is O=C1CC(c2ccccc2Br)c2c(nc(SCc3ccccc3)[nH]c2=O)N1. The van der Waals surface area contributed by atoms with Crippen LogP contribution < -0.4 is 10.9 Å². The van der Waals surface area contributed by atoms with Gasteiger partial charge in [-0.15, -0.1) is 0 Å². The molecule has 27 heavy (non-hydrogen) atoms. The zero-order valence-electron chi connectivity index (χ0n) is 14.2. The van der Waals surface area contributed by atoms with Crippen molar-refractivity contribution in [2.45, 2.75) is 23.2 Å². The van der Waals surface area contributed by atoms with Crippen LogP contribution in [0.2, 0.25) is 0 Å². The van der Waals surface area contributed by atoms with E-state index in [2.05, 4.69) is 31.2 Å². The minimum Gasteiger partial charge on any atom is -0.310 e. The summed E-state index contributed by atoms with van der Waals surface area (Å²) in [5.41, 5.74) is 2.34. The van der Waals surface area contributed by atoms with E-state index in [9.17, 15) is 9.59 Å². The Morgan fingerprint density at radius 3 is 2.59 bits per heavy atom. The van der Waals surface area contributed by atoms with Gasteiger partial charge >= 0.3 is 0 Å². The second-order valence-electron chi connectivity index (χ2n) is 6.23. The quantitative estimate of drug-likeness (QED) is 0.467. The van der Waals surface area contributed by atoms with Crippen molar-refractivity contribution in [1.82, 2.24) is 9.97 Å². The Balaban J connectivity index is 1.69. The number of anilines is 1. The molecule has 0 spiro atoms. The molecule has 1 atom stereocenters. The van der Waals surface area contributed by atoms with E-state index in [0.29, 0.717) is 22.3 Å². The molecule has 0 radical (unpaired) electrons. The third kappa shape index (κ3) is 3.84. The monoisotopic (exact) mass is 441 g/mol. The summed E-state index contributed by atoms with van der Waals surface area (Å²) in [4.78, 5) is 32.4. The number of carbonyl (C=O) groups excluding carboxylic acids is 1. The van der Waals surface area contributed by atoms with Crippen LogP contribution in [0.1, 0.15) is 29.0 Å². The van der Waals surface area contributed by atoms with Gasteiger partial charge in [0.2, 0.25) is 5.91 Å². The minimum atomic E-state index is -0.325. The van der Waals surface area contributed by atoms with Gasteiger partial charge in [0.25, 0.3) is 5.56 Å². The number of carbonyl (C=O) groups is 1. The van der Waals surface area contributed by atoms with Gasteiger partial charge in [-0.05, 0) is 17.2 Å². The fraction of sp³-hybridized carbons (Fsp3) is 0.150. The van der Waals surface area contributed by atoms with Crippen molar-refractivity contribution in [1.29, 1.82) is 0 Å². The van der Waals surface area contributed by atoms with Gasteiger partial charge in [0.1, 0.15) is 5.82 Å². The van der Waals surface area contributed by atoms with Crippen LogP contribution in [-0.4, -0.2) is 15.9 Å². The summed E-state index contributed by atoms with van der Waals surface area (Å²) in [5.74, 6) is 0.574. The second-order valence-corrected chi connectivity index (χ2v) is 8.05. The van der Waals surface area contributed by atoms with Gasteiger partial charge in [0.05, 0.1) is 5.56 Å². The molecule has 0 bridgehead atoms. The highest BCUT2D eigenvalue weighted by molar-refractivity contribution is 9.10. The number of halogens is 1. The molecule has 7 heteroatoms. The van der Waals surface area contributed by atoms with Gasteiger partial charge in [0, 0.05) is 22.6 Å². The molecule has 2 heterocycles. The lowest BCUT2D eigenvalue weighted by Gasteiger charge is -2.25. The fourth-order valence-corrected chi connectivity index (χ4v) is 4.55. The Bertz CT molecular complexity index is 1050. The molecule has 1 aliphatic heterocycles. The smallest absolute Gasteiger partial charge is 0.257 e. The number of benzene rings is 2. The first-order chi connectivity index (χ1) is 13.1. The number of fused-ring (bicyclic) bond motifs is 1. The van der Waals surface area contributed by atoms with E-state index in [4.69, 9.17) is 0 Å². The van der Waals surface area contributed by atoms with E-state index >= 15 is 0 Å². The van der Waals surface area contributed by atoms with Crippen LogP contribution in [-0.2, 0) is 10.5 Å². The van der Waals surface area contributed by atoms with Crippen LogP contribution >= 0.6 is 27.7 Å². The van der Waals surface area contributed by atoms with Crippen LogP contribution in [0.25, 0.3) is 0 Å². The molecule has 3 aromatic rings. The average molecular weight is 442 g/mol. The largest absolute Gasteiger partial charge is 0.310 e. The Morgan fingerprint density at radius 2 is 1.81 bits per heavy atom. The molecule has 0 aliphatic carbocycles. The van der Waals surface area contributed by atoms with Gasteiger partial charge in [-0.3, -0.25) is 9.59 Å². The zero-order chi connectivity index (χ0) is 18.8. The summed E-state index contributed by atoms with van der Waals surface area (Å²) in [5, 5.41) is 3.26. The Morgan fingerprint density at radius 1 is 1.07 bits per heavy atom. The van der Waals surface area contributed by atoms with Crippen LogP contribution in [0, 0.1) is 0 Å². The van der Waals surface area contributed by atoms with Gasteiger partial charge < -0.3 is 10.3 Å². The first kappa shape index (κ1) is 18.0. The standard InChI is InChI=1S/C20H16BrN3O2S/c21-15-9-5-4-8-13(15)14-10-16(25)22-18-17(14)19(26)24-20(23-18)27-11-12-6-2-1-3-7-12/h1-9,14H,10-11H2,(H2,22,23,24,25,26). The summed E-state index contributed by atoms with van der Waals surface area (Å²) in [7, 11) is 0. The van der Waals surface area contributed by atoms with Crippen molar-refractivity contribution in [3.8, 4) is 0 Å². The van der Waals surface area contributed by atoms with Crippen molar-refractivity contribution < 1.29 is 4.79 Å². The number of rotatable bonds is 4. The Kier molecular flexibility index (Phi) is 5.13. The van der Waals surface area contributed by atoms with E-state index in [1.54, 1.807) is 0 Å². The highest BCUT2D eigenvalue weighted by Gasteiger charge is 2.31. The van der Waals surface area contributed by atoms with E-state index in [1.165, 1.54) is 11.8 Å². The molecule has 0 saturated carbocycles. The van der Waals surface area contributed by atoms with Crippen molar-refractivity contribution >= 4 is 39.4 Å². The van der Waals surface area contributed by atoms with E-state index < -0.39 is 0 Å². The molecule has 4 rings (SSSR count). The summed E-state index contributed by atoms with van der Waals surface area (Å²) in [6.07, 6.45) is 0.219. The molecule has 2 aromatic carbocycles. The number of aromatic nitrogens is 2. The van der Waals surface area contributed by atoms with Crippen molar-refractivity contribution in [2.75, 3.05) is 5.32 Å². The van der Waals surface area contributed by atoms with Crippen LogP contribution in [0.3, 0.4) is 0 Å². The normalized spacial score (nSPS) is 15.9. The maximum Gasteiger partial charge on any atom is 0.257 e. The fourth-order valence-electron chi connectivity index (χ4n) is 3.17. The molecule has 1 aromatic heterocycles. The minimum absolute atomic E-state index is 0.139. The molecule has 0 fully saturated rings. The predicted octanol–water partition coefficient (Wildman–Crippen LogP) is 4.30. The average Bonchev–Trinajstić information content (AvgIpc) is 2.66. The van der Waals surface area contributed by atoms with Crippen molar-refractivity contribution in [3.63, 3.8) is 0 Å². The lowest BCUT2D eigenvalue weighted by molar-refractivity contribution is -0.116. The van der Waals surface area contributed by atoms with Crippen LogP contribution in [0.4, 0.5) is 5.82 Å². The Labute approximate surface area is 168 Å². The van der Waals surface area contributed by atoms with Gasteiger partial charge in [-0.1, -0.05) is 76.2 Å².